The van der Waals surface area contributed by atoms with E-state index in [9.17, 15) is 0 Å². The molecule has 0 saturated heterocycles. The monoisotopic (exact) mass is 408 g/mol. The maximum Gasteiger partial charge on any atom is 4.00 e. The molecule has 1 aliphatic rings. The maximum atomic E-state index is 3.61. The van der Waals surface area contributed by atoms with Crippen molar-refractivity contribution in [2.45, 2.75) is 46.0 Å². The van der Waals surface area contributed by atoms with Crippen molar-refractivity contribution in [2.75, 3.05) is 0 Å². The molecule has 0 amide bonds. The molecule has 0 heterocycles. The number of halogens is 3. The van der Waals surface area contributed by atoms with Crippen LogP contribution in [0.3, 0.4) is 0 Å². The molecule has 2 rings (SSSR count). The summed E-state index contributed by atoms with van der Waals surface area (Å²) in [4.78, 5) is 0. The molecule has 0 atom stereocenters. The summed E-state index contributed by atoms with van der Waals surface area (Å²) < 4.78 is 0. The van der Waals surface area contributed by atoms with Gasteiger partial charge in [0.1, 0.15) is 0 Å². The third kappa shape index (κ3) is 8.96. The summed E-state index contributed by atoms with van der Waals surface area (Å²) in [7, 11) is -0.246. The number of allylic oxidation sites excluding steroid dienone is 4. The summed E-state index contributed by atoms with van der Waals surface area (Å²) in [6, 6.07) is 11.0. The van der Waals surface area contributed by atoms with Crippen molar-refractivity contribution in [3.05, 3.63) is 52.8 Å². The van der Waals surface area contributed by atoms with E-state index in [1.807, 2.05) is 0 Å². The van der Waals surface area contributed by atoms with Gasteiger partial charge in [0.05, 0.1) is 0 Å². The van der Waals surface area contributed by atoms with E-state index in [-0.39, 0.29) is 68.5 Å². The fraction of sp³-hybridized carbons (Fsp3) is 0.412. The molecule has 1 aromatic rings. The minimum atomic E-state index is -0.246. The second-order valence-electron chi connectivity index (χ2n) is 5.25. The van der Waals surface area contributed by atoms with Crippen LogP contribution in [0.5, 0.6) is 0 Å². The van der Waals surface area contributed by atoms with Crippen LogP contribution in [0, 0.1) is 6.08 Å². The standard InChI is InChI=1S/C17H23Si.3ClH.Ti/c1-3-4-6-9-15-12-14(2)17(13-15)18-16-10-7-5-8-11-16;;;;/h5,7-8,10-11H,3-4,6,9,13,18H2,1-2H3;3*1H;/q-1;;;;+4/p-3. The van der Waals surface area contributed by atoms with Gasteiger partial charge in [0.2, 0.25) is 0 Å². The summed E-state index contributed by atoms with van der Waals surface area (Å²) >= 11 is 0. The first-order valence-corrected chi connectivity index (χ1v) is 8.55. The van der Waals surface area contributed by atoms with E-state index in [4.69, 9.17) is 0 Å². The first kappa shape index (κ1) is 27.4. The Labute approximate surface area is 171 Å². The van der Waals surface area contributed by atoms with Crippen LogP contribution in [0.1, 0.15) is 46.0 Å². The molecule has 0 bridgehead atoms. The van der Waals surface area contributed by atoms with E-state index in [2.05, 4.69) is 50.3 Å². The van der Waals surface area contributed by atoms with E-state index in [1.54, 1.807) is 16.0 Å². The van der Waals surface area contributed by atoms with Gasteiger partial charge >= 0.3 is 21.7 Å². The molecule has 22 heavy (non-hydrogen) atoms. The Bertz CT molecular complexity index is 458. The molecule has 0 radical (unpaired) electrons. The van der Waals surface area contributed by atoms with E-state index in [0.717, 1.165) is 0 Å². The number of unbranched alkanes of at least 4 members (excludes halogenated alkanes) is 2. The van der Waals surface area contributed by atoms with Gasteiger partial charge in [-0.25, -0.2) is 16.8 Å². The van der Waals surface area contributed by atoms with Crippen LogP contribution < -0.4 is 42.4 Å². The first-order chi connectivity index (χ1) is 8.79. The van der Waals surface area contributed by atoms with Gasteiger partial charge in [0.15, 0.2) is 0 Å². The Morgan fingerprint density at radius 3 is 2.27 bits per heavy atom. The van der Waals surface area contributed by atoms with E-state index < -0.39 is 0 Å². The first-order valence-electron chi connectivity index (χ1n) is 7.14. The second-order valence-corrected chi connectivity index (χ2v) is 7.28. The normalized spacial score (nSPS) is 12.9. The predicted molar refractivity (Wildman–Crippen MR) is 82.8 cm³/mol. The molecule has 1 aliphatic carbocycles. The fourth-order valence-corrected chi connectivity index (χ4v) is 4.35. The quantitative estimate of drug-likeness (QED) is 0.250. The molecule has 0 aromatic heterocycles. The van der Waals surface area contributed by atoms with Gasteiger partial charge in [-0.3, -0.25) is 0 Å². The van der Waals surface area contributed by atoms with Gasteiger partial charge in [-0.05, 0) is 9.52 Å². The number of hydrogen-bond donors (Lipinski definition) is 0. The van der Waals surface area contributed by atoms with Crippen molar-refractivity contribution in [1.82, 2.24) is 0 Å². The molecular weight excluding hydrogens is 386 g/mol. The SMILES string of the molecule is CCCCCC1=[C-]C(C)=C([SiH2]c2ccccc2)C1.[Cl-].[Cl-].[Cl-].[Ti+4]. The minimum Gasteiger partial charge on any atom is -1.00 e. The summed E-state index contributed by atoms with van der Waals surface area (Å²) in [5.41, 5.74) is 3.00. The van der Waals surface area contributed by atoms with Crippen LogP contribution in [-0.2, 0) is 21.7 Å². The van der Waals surface area contributed by atoms with Crippen molar-refractivity contribution in [1.29, 1.82) is 0 Å². The molecule has 120 valence electrons. The predicted octanol–water partition coefficient (Wildman–Crippen LogP) is -5.52. The van der Waals surface area contributed by atoms with Crippen LogP contribution >= 0.6 is 0 Å². The van der Waals surface area contributed by atoms with Crippen LogP contribution in [0.15, 0.2) is 46.7 Å². The van der Waals surface area contributed by atoms with Crippen molar-refractivity contribution in [3.8, 4) is 0 Å². The molecule has 0 unspecified atom stereocenters. The molecule has 0 saturated carbocycles. The molecular formula is C17H23Cl3SiTi. The van der Waals surface area contributed by atoms with Gasteiger partial charge < -0.3 is 37.2 Å². The van der Waals surface area contributed by atoms with Crippen LogP contribution in [0.4, 0.5) is 0 Å². The van der Waals surface area contributed by atoms with Crippen LogP contribution in [-0.4, -0.2) is 9.52 Å². The van der Waals surface area contributed by atoms with Gasteiger partial charge in [-0.2, -0.15) is 5.57 Å². The van der Waals surface area contributed by atoms with E-state index in [1.165, 1.54) is 37.7 Å². The molecule has 0 aliphatic heterocycles. The largest absolute Gasteiger partial charge is 4.00 e. The molecule has 0 spiro atoms. The zero-order valence-electron chi connectivity index (χ0n) is 13.3. The molecule has 5 heteroatoms. The zero-order chi connectivity index (χ0) is 12.8. The summed E-state index contributed by atoms with van der Waals surface area (Å²) in [5, 5.41) is 3.26. The van der Waals surface area contributed by atoms with Gasteiger partial charge in [0.25, 0.3) is 0 Å². The van der Waals surface area contributed by atoms with Crippen molar-refractivity contribution in [3.63, 3.8) is 0 Å². The third-order valence-corrected chi connectivity index (χ3v) is 5.75. The topological polar surface area (TPSA) is 0 Å². The Morgan fingerprint density at radius 2 is 1.68 bits per heavy atom. The van der Waals surface area contributed by atoms with Crippen LogP contribution in [0.2, 0.25) is 0 Å². The van der Waals surface area contributed by atoms with Crippen molar-refractivity contribution >= 4 is 14.7 Å². The number of rotatable bonds is 6. The average molecular weight is 410 g/mol. The summed E-state index contributed by atoms with van der Waals surface area (Å²) in [6.07, 6.45) is 10.1. The third-order valence-electron chi connectivity index (χ3n) is 3.66. The molecule has 1 aromatic carbocycles. The second kappa shape index (κ2) is 15.1. The zero-order valence-corrected chi connectivity index (χ0v) is 18.5. The van der Waals surface area contributed by atoms with Crippen molar-refractivity contribution < 1.29 is 58.9 Å². The van der Waals surface area contributed by atoms with Gasteiger partial charge in [-0.1, -0.05) is 81.5 Å². The van der Waals surface area contributed by atoms with E-state index >= 15 is 0 Å². The van der Waals surface area contributed by atoms with E-state index in [0.29, 0.717) is 0 Å². The van der Waals surface area contributed by atoms with Crippen molar-refractivity contribution in [2.24, 2.45) is 0 Å². The molecule has 0 N–H and O–H groups in total. The fourth-order valence-electron chi connectivity index (χ4n) is 2.56. The van der Waals surface area contributed by atoms with Crippen LogP contribution in [0.25, 0.3) is 0 Å². The molecule has 0 nitrogen and oxygen atoms in total. The summed E-state index contributed by atoms with van der Waals surface area (Å²) in [6.45, 7) is 4.52. The number of hydrogen-bond acceptors (Lipinski definition) is 0. The summed E-state index contributed by atoms with van der Waals surface area (Å²) in [5.74, 6) is 0. The van der Waals surface area contributed by atoms with Gasteiger partial charge in [0, 0.05) is 0 Å². The number of benzene rings is 1. The Kier molecular flexibility index (Phi) is 18.7. The Hall–Kier alpha value is 0.501. The smallest absolute Gasteiger partial charge is 1.00 e. The molecule has 0 fully saturated rings. The average Bonchev–Trinajstić information content (AvgIpc) is 2.72. The Balaban J connectivity index is -0.000000902. The Morgan fingerprint density at radius 1 is 1.05 bits per heavy atom. The minimum absolute atomic E-state index is 0. The van der Waals surface area contributed by atoms with Gasteiger partial charge in [-0.15, -0.1) is 0 Å². The maximum absolute atomic E-state index is 3.61.